The largest absolute Gasteiger partial charge is 0.349 e. The lowest BCUT2D eigenvalue weighted by atomic mass is 9.93. The smallest absolute Gasteiger partial charge is 0.163 e. The predicted molar refractivity (Wildman–Crippen MR) is 81.2 cm³/mol. The summed E-state index contributed by atoms with van der Waals surface area (Å²) in [7, 11) is 0. The molecule has 0 aromatic rings. The van der Waals surface area contributed by atoms with Crippen LogP contribution < -0.4 is 0 Å². The van der Waals surface area contributed by atoms with Gasteiger partial charge in [-0.2, -0.15) is 0 Å². The number of hydrogen-bond donors (Lipinski definition) is 0. The van der Waals surface area contributed by atoms with E-state index in [2.05, 4.69) is 34.3 Å². The maximum Gasteiger partial charge on any atom is 0.163 e. The van der Waals surface area contributed by atoms with Crippen molar-refractivity contribution < 1.29 is 9.47 Å². The van der Waals surface area contributed by atoms with E-state index in [1.807, 2.05) is 6.08 Å². The Morgan fingerprint density at radius 3 is 2.37 bits per heavy atom. The Kier molecular flexibility index (Phi) is 7.09. The second kappa shape index (κ2) is 8.06. The molecule has 1 aliphatic heterocycles. The number of unbranched alkanes of at least 4 members (excludes halogenated alkanes) is 3. The molecular weight excluding hydrogens is 236 g/mol. The summed E-state index contributed by atoms with van der Waals surface area (Å²) in [5.74, 6) is 0. The summed E-state index contributed by atoms with van der Waals surface area (Å²) in [5, 5.41) is 0. The molecule has 1 rings (SSSR count). The van der Waals surface area contributed by atoms with Gasteiger partial charge in [0.05, 0.1) is 12.2 Å². The Hall–Kier alpha value is -0.340. The first-order chi connectivity index (χ1) is 8.97. The second-order valence-corrected chi connectivity index (χ2v) is 6.82. The first kappa shape index (κ1) is 16.7. The molecule has 0 aliphatic carbocycles. The van der Waals surface area contributed by atoms with Crippen molar-refractivity contribution in [1.29, 1.82) is 0 Å². The van der Waals surface area contributed by atoms with Crippen molar-refractivity contribution in [2.24, 2.45) is 5.41 Å². The molecule has 1 fully saturated rings. The van der Waals surface area contributed by atoms with Gasteiger partial charge in [-0.1, -0.05) is 59.5 Å². The molecule has 0 saturated carbocycles. The third-order valence-corrected chi connectivity index (χ3v) is 3.67. The summed E-state index contributed by atoms with van der Waals surface area (Å²) in [4.78, 5) is 0. The molecule has 2 heteroatoms. The van der Waals surface area contributed by atoms with E-state index in [1.165, 1.54) is 32.1 Å². The molecule has 2 nitrogen and oxygen atoms in total. The van der Waals surface area contributed by atoms with Crippen LogP contribution in [-0.4, -0.2) is 18.5 Å². The van der Waals surface area contributed by atoms with Gasteiger partial charge in [0.15, 0.2) is 6.29 Å². The average Bonchev–Trinajstić information content (AvgIpc) is 2.34. The minimum absolute atomic E-state index is 0.0432. The lowest BCUT2D eigenvalue weighted by molar-refractivity contribution is -0.279. The van der Waals surface area contributed by atoms with E-state index >= 15 is 0 Å². The summed E-state index contributed by atoms with van der Waals surface area (Å²) in [6.07, 6.45) is 10.9. The van der Waals surface area contributed by atoms with Gasteiger partial charge in [0.1, 0.15) is 0 Å². The van der Waals surface area contributed by atoms with Gasteiger partial charge < -0.3 is 9.47 Å². The van der Waals surface area contributed by atoms with Gasteiger partial charge in [-0.15, -0.1) is 6.58 Å². The third kappa shape index (κ3) is 6.09. The maximum atomic E-state index is 6.15. The molecule has 19 heavy (non-hydrogen) atoms. The molecule has 0 N–H and O–H groups in total. The Labute approximate surface area is 119 Å². The first-order valence-corrected chi connectivity index (χ1v) is 7.89. The second-order valence-electron chi connectivity index (χ2n) is 6.82. The summed E-state index contributed by atoms with van der Waals surface area (Å²) >= 11 is 0. The van der Waals surface area contributed by atoms with Gasteiger partial charge in [0, 0.05) is 11.8 Å². The van der Waals surface area contributed by atoms with Crippen LogP contribution in [0.25, 0.3) is 0 Å². The molecule has 0 amide bonds. The molecule has 0 aromatic carbocycles. The Morgan fingerprint density at radius 2 is 1.79 bits per heavy atom. The molecule has 112 valence electrons. The number of rotatable bonds is 7. The van der Waals surface area contributed by atoms with Crippen molar-refractivity contribution in [3.63, 3.8) is 0 Å². The fourth-order valence-corrected chi connectivity index (χ4v) is 2.52. The number of hydrogen-bond acceptors (Lipinski definition) is 2. The molecule has 1 saturated heterocycles. The zero-order valence-corrected chi connectivity index (χ0v) is 13.3. The summed E-state index contributed by atoms with van der Waals surface area (Å²) < 4.78 is 12.2. The van der Waals surface area contributed by atoms with Crippen LogP contribution in [0, 0.1) is 5.41 Å². The lowest BCUT2D eigenvalue weighted by Gasteiger charge is -2.41. The van der Waals surface area contributed by atoms with E-state index in [0.29, 0.717) is 6.10 Å². The summed E-state index contributed by atoms with van der Waals surface area (Å²) in [6.45, 7) is 12.6. The van der Waals surface area contributed by atoms with Crippen LogP contribution in [0.15, 0.2) is 12.7 Å². The highest BCUT2D eigenvalue weighted by atomic mass is 16.7. The predicted octanol–water partition coefficient (Wildman–Crippen LogP) is 5.08. The van der Waals surface area contributed by atoms with E-state index in [0.717, 1.165) is 12.8 Å². The molecule has 1 aliphatic rings. The van der Waals surface area contributed by atoms with Crippen LogP contribution in [0.1, 0.15) is 72.6 Å². The Bertz CT molecular complexity index is 254. The van der Waals surface area contributed by atoms with Crippen molar-refractivity contribution in [1.82, 2.24) is 0 Å². The monoisotopic (exact) mass is 268 g/mol. The van der Waals surface area contributed by atoms with Crippen LogP contribution >= 0.6 is 0 Å². The van der Waals surface area contributed by atoms with E-state index in [1.54, 1.807) is 0 Å². The summed E-state index contributed by atoms with van der Waals surface area (Å²) in [5.41, 5.74) is 0.0432. The molecule has 1 heterocycles. The molecule has 0 radical (unpaired) electrons. The van der Waals surface area contributed by atoms with Crippen molar-refractivity contribution >= 4 is 0 Å². The van der Waals surface area contributed by atoms with E-state index in [-0.39, 0.29) is 17.8 Å². The van der Waals surface area contributed by atoms with Gasteiger partial charge in [0.25, 0.3) is 0 Å². The fraction of sp³-hybridized carbons (Fsp3) is 0.882. The third-order valence-electron chi connectivity index (χ3n) is 3.67. The summed E-state index contributed by atoms with van der Waals surface area (Å²) in [6, 6.07) is 0. The first-order valence-electron chi connectivity index (χ1n) is 7.89. The van der Waals surface area contributed by atoms with Crippen LogP contribution in [-0.2, 0) is 9.47 Å². The number of ether oxygens (including phenoxy) is 2. The lowest BCUT2D eigenvalue weighted by Crippen LogP contribution is -2.44. The quantitative estimate of drug-likeness (QED) is 0.473. The molecule has 1 unspecified atom stereocenters. The van der Waals surface area contributed by atoms with Crippen molar-refractivity contribution in [2.75, 3.05) is 0 Å². The van der Waals surface area contributed by atoms with E-state index < -0.39 is 0 Å². The highest BCUT2D eigenvalue weighted by Crippen LogP contribution is 2.33. The van der Waals surface area contributed by atoms with Crippen LogP contribution in [0.5, 0.6) is 0 Å². The SMILES string of the molecule is C=CC[C@H]1C[C@H](CCCCCC)OC(C(C)(C)C)O1. The Balaban J connectivity index is 2.48. The molecular formula is C17H32O2. The molecule has 3 atom stereocenters. The highest BCUT2D eigenvalue weighted by Gasteiger charge is 2.36. The van der Waals surface area contributed by atoms with Gasteiger partial charge in [-0.05, 0) is 12.8 Å². The minimum Gasteiger partial charge on any atom is -0.349 e. The normalized spacial score (nSPS) is 28.3. The standard InChI is InChI=1S/C17H32O2/c1-6-8-9-10-12-15-13-14(11-7-2)18-16(19-15)17(3,4)5/h7,14-16H,2,6,8-13H2,1,3-5H3/t14-,15-,16?/m0/s1. The van der Waals surface area contributed by atoms with Gasteiger partial charge in [0.2, 0.25) is 0 Å². The van der Waals surface area contributed by atoms with Crippen molar-refractivity contribution in [2.45, 2.75) is 91.1 Å². The minimum atomic E-state index is -0.0811. The maximum absolute atomic E-state index is 6.15. The molecule has 0 bridgehead atoms. The van der Waals surface area contributed by atoms with Gasteiger partial charge >= 0.3 is 0 Å². The van der Waals surface area contributed by atoms with E-state index in [4.69, 9.17) is 9.47 Å². The van der Waals surface area contributed by atoms with Gasteiger partial charge in [-0.25, -0.2) is 0 Å². The van der Waals surface area contributed by atoms with Crippen molar-refractivity contribution in [3.05, 3.63) is 12.7 Å². The fourth-order valence-electron chi connectivity index (χ4n) is 2.52. The van der Waals surface area contributed by atoms with Crippen LogP contribution in [0.4, 0.5) is 0 Å². The molecule has 0 aromatic heterocycles. The topological polar surface area (TPSA) is 18.5 Å². The Morgan fingerprint density at radius 1 is 1.11 bits per heavy atom. The van der Waals surface area contributed by atoms with E-state index in [9.17, 15) is 0 Å². The average molecular weight is 268 g/mol. The van der Waals surface area contributed by atoms with Crippen LogP contribution in [0.2, 0.25) is 0 Å². The molecule has 0 spiro atoms. The van der Waals surface area contributed by atoms with Crippen molar-refractivity contribution in [3.8, 4) is 0 Å². The van der Waals surface area contributed by atoms with Gasteiger partial charge in [-0.3, -0.25) is 0 Å². The van der Waals surface area contributed by atoms with Crippen LogP contribution in [0.3, 0.4) is 0 Å². The zero-order valence-electron chi connectivity index (χ0n) is 13.3. The highest BCUT2D eigenvalue weighted by molar-refractivity contribution is 4.82. The zero-order chi connectivity index (χ0) is 14.3.